The van der Waals surface area contributed by atoms with Crippen molar-refractivity contribution >= 4 is 11.5 Å². The van der Waals surface area contributed by atoms with E-state index in [0.29, 0.717) is 25.4 Å². The molecule has 0 radical (unpaired) electrons. The molecule has 2 aromatic rings. The second-order valence-corrected chi connectivity index (χ2v) is 6.62. The molecule has 7 nitrogen and oxygen atoms in total. The van der Waals surface area contributed by atoms with Gasteiger partial charge in [-0.15, -0.1) is 0 Å². The number of aromatic nitrogens is 2. The zero-order valence-corrected chi connectivity index (χ0v) is 17.0. The Balaban J connectivity index is 2.48. The van der Waals surface area contributed by atoms with E-state index >= 15 is 0 Å². The van der Waals surface area contributed by atoms with Crippen LogP contribution in [0.1, 0.15) is 29.3 Å². The smallest absolute Gasteiger partial charge is 0.294 e. The average Bonchev–Trinajstić information content (AvgIpc) is 2.63. The van der Waals surface area contributed by atoms with Crippen molar-refractivity contribution in [2.75, 3.05) is 39.9 Å². The van der Waals surface area contributed by atoms with Crippen LogP contribution in [0.2, 0.25) is 0 Å². The number of aryl methyl sites for hydroxylation is 3. The van der Waals surface area contributed by atoms with E-state index in [-0.39, 0.29) is 17.4 Å². The standard InChI is InChI=1S/C20H29N3O4/c1-13-9-14(2)18(17(10-13)27-6)22-19-20(24)23(11-15(3)21-19)16(12-26-5)7-8-25-4/h9-11,16H,7-8,12H2,1-6H3,(H,21,22). The van der Waals surface area contributed by atoms with Crippen LogP contribution in [0, 0.1) is 20.8 Å². The van der Waals surface area contributed by atoms with Crippen molar-refractivity contribution in [1.29, 1.82) is 0 Å². The molecule has 27 heavy (non-hydrogen) atoms. The van der Waals surface area contributed by atoms with Gasteiger partial charge >= 0.3 is 0 Å². The quantitative estimate of drug-likeness (QED) is 0.726. The van der Waals surface area contributed by atoms with Crippen molar-refractivity contribution in [3.05, 3.63) is 45.5 Å². The topological polar surface area (TPSA) is 74.6 Å². The van der Waals surface area contributed by atoms with Crippen molar-refractivity contribution in [3.63, 3.8) is 0 Å². The molecule has 1 aromatic heterocycles. The Kier molecular flexibility index (Phi) is 7.38. The molecule has 7 heteroatoms. The molecular formula is C20H29N3O4. The van der Waals surface area contributed by atoms with E-state index in [0.717, 1.165) is 22.5 Å². The number of anilines is 2. The van der Waals surface area contributed by atoms with Crippen LogP contribution in [0.25, 0.3) is 0 Å². The van der Waals surface area contributed by atoms with Gasteiger partial charge in [0.1, 0.15) is 5.75 Å². The fraction of sp³-hybridized carbons (Fsp3) is 0.500. The van der Waals surface area contributed by atoms with E-state index < -0.39 is 0 Å². The van der Waals surface area contributed by atoms with E-state index in [1.807, 2.05) is 32.9 Å². The summed E-state index contributed by atoms with van der Waals surface area (Å²) in [5.41, 5.74) is 3.34. The molecular weight excluding hydrogens is 346 g/mol. The van der Waals surface area contributed by atoms with Gasteiger partial charge in [-0.1, -0.05) is 6.07 Å². The van der Waals surface area contributed by atoms with Gasteiger partial charge < -0.3 is 24.1 Å². The summed E-state index contributed by atoms with van der Waals surface area (Å²) < 4.78 is 17.6. The first-order valence-corrected chi connectivity index (χ1v) is 8.91. The second-order valence-electron chi connectivity index (χ2n) is 6.62. The highest BCUT2D eigenvalue weighted by atomic mass is 16.5. The van der Waals surface area contributed by atoms with E-state index in [2.05, 4.69) is 10.3 Å². The largest absolute Gasteiger partial charge is 0.495 e. The molecule has 148 valence electrons. The predicted octanol–water partition coefficient (Wildman–Crippen LogP) is 3.14. The normalized spacial score (nSPS) is 12.1. The maximum atomic E-state index is 13.1. The minimum atomic E-state index is -0.208. The molecule has 0 fully saturated rings. The van der Waals surface area contributed by atoms with Gasteiger partial charge in [-0.25, -0.2) is 4.98 Å². The van der Waals surface area contributed by atoms with Gasteiger partial charge in [-0.05, 0) is 44.4 Å². The van der Waals surface area contributed by atoms with Crippen molar-refractivity contribution < 1.29 is 14.2 Å². The first kappa shape index (κ1) is 20.9. The third kappa shape index (κ3) is 5.08. The molecule has 1 N–H and O–H groups in total. The maximum absolute atomic E-state index is 13.1. The number of benzene rings is 1. The molecule has 0 saturated heterocycles. The monoisotopic (exact) mass is 375 g/mol. The van der Waals surface area contributed by atoms with Gasteiger partial charge in [0.2, 0.25) is 0 Å². The van der Waals surface area contributed by atoms with E-state index in [1.54, 1.807) is 32.1 Å². The SMILES string of the molecule is COCCC(COC)n1cc(C)nc(Nc2c(C)cc(C)cc2OC)c1=O. The van der Waals surface area contributed by atoms with Crippen LogP contribution < -0.4 is 15.6 Å². The highest BCUT2D eigenvalue weighted by Gasteiger charge is 2.18. The van der Waals surface area contributed by atoms with Gasteiger partial charge in [-0.2, -0.15) is 0 Å². The van der Waals surface area contributed by atoms with Crippen molar-refractivity contribution in [2.24, 2.45) is 0 Å². The molecule has 0 aliphatic heterocycles. The van der Waals surface area contributed by atoms with Crippen molar-refractivity contribution in [3.8, 4) is 5.75 Å². The molecule has 0 aliphatic carbocycles. The number of hydrogen-bond acceptors (Lipinski definition) is 6. The van der Waals surface area contributed by atoms with Gasteiger partial charge in [0, 0.05) is 27.0 Å². The van der Waals surface area contributed by atoms with Gasteiger partial charge in [-0.3, -0.25) is 4.79 Å². The number of ether oxygens (including phenoxy) is 3. The Bertz CT molecular complexity index is 833. The van der Waals surface area contributed by atoms with Crippen LogP contribution in [0.15, 0.2) is 23.1 Å². The van der Waals surface area contributed by atoms with Crippen molar-refractivity contribution in [2.45, 2.75) is 33.2 Å². The summed E-state index contributed by atoms with van der Waals surface area (Å²) in [7, 11) is 4.88. The minimum Gasteiger partial charge on any atom is -0.495 e. The van der Waals surface area contributed by atoms with Crippen LogP contribution in [0.3, 0.4) is 0 Å². The summed E-state index contributed by atoms with van der Waals surface area (Å²) in [5.74, 6) is 0.938. The number of nitrogens with one attached hydrogen (secondary N) is 1. The van der Waals surface area contributed by atoms with E-state index in [9.17, 15) is 4.79 Å². The summed E-state index contributed by atoms with van der Waals surface area (Å²) in [5, 5.41) is 3.18. The van der Waals surface area contributed by atoms with Crippen LogP contribution in [0.5, 0.6) is 5.75 Å². The molecule has 0 aliphatic rings. The first-order valence-electron chi connectivity index (χ1n) is 8.91. The summed E-state index contributed by atoms with van der Waals surface area (Å²) in [6.45, 7) is 6.79. The summed E-state index contributed by atoms with van der Waals surface area (Å²) >= 11 is 0. The minimum absolute atomic E-state index is 0.134. The Morgan fingerprint density at radius 2 is 1.89 bits per heavy atom. The number of nitrogens with zero attached hydrogens (tertiary/aromatic N) is 2. The van der Waals surface area contributed by atoms with Crippen LogP contribution in [-0.2, 0) is 9.47 Å². The highest BCUT2D eigenvalue weighted by Crippen LogP contribution is 2.31. The molecule has 2 rings (SSSR count). The fourth-order valence-corrected chi connectivity index (χ4v) is 3.11. The predicted molar refractivity (Wildman–Crippen MR) is 106 cm³/mol. The third-order valence-corrected chi connectivity index (χ3v) is 4.37. The molecule has 0 spiro atoms. The van der Waals surface area contributed by atoms with Gasteiger partial charge in [0.05, 0.1) is 31.1 Å². The Morgan fingerprint density at radius 1 is 1.15 bits per heavy atom. The van der Waals surface area contributed by atoms with Crippen molar-refractivity contribution in [1.82, 2.24) is 9.55 Å². The lowest BCUT2D eigenvalue weighted by molar-refractivity contribution is 0.119. The highest BCUT2D eigenvalue weighted by molar-refractivity contribution is 5.68. The summed E-state index contributed by atoms with van der Waals surface area (Å²) in [4.78, 5) is 17.5. The Hall–Kier alpha value is -2.38. The average molecular weight is 375 g/mol. The first-order chi connectivity index (χ1) is 12.9. The molecule has 1 unspecified atom stereocenters. The molecule has 0 bridgehead atoms. The van der Waals surface area contributed by atoms with Crippen LogP contribution in [-0.4, -0.2) is 44.1 Å². The summed E-state index contributed by atoms with van der Waals surface area (Å²) in [6, 6.07) is 3.83. The Morgan fingerprint density at radius 3 is 2.52 bits per heavy atom. The number of methoxy groups -OCH3 is 3. The van der Waals surface area contributed by atoms with E-state index in [4.69, 9.17) is 14.2 Å². The number of hydrogen-bond donors (Lipinski definition) is 1. The molecule has 0 saturated carbocycles. The molecule has 1 atom stereocenters. The Labute approximate surface area is 160 Å². The lowest BCUT2D eigenvalue weighted by Gasteiger charge is -2.21. The second kappa shape index (κ2) is 9.53. The number of rotatable bonds is 9. The summed E-state index contributed by atoms with van der Waals surface area (Å²) in [6.07, 6.45) is 2.42. The lowest BCUT2D eigenvalue weighted by Crippen LogP contribution is -2.30. The fourth-order valence-electron chi connectivity index (χ4n) is 3.11. The maximum Gasteiger partial charge on any atom is 0.294 e. The third-order valence-electron chi connectivity index (χ3n) is 4.37. The zero-order valence-electron chi connectivity index (χ0n) is 17.0. The van der Waals surface area contributed by atoms with Crippen LogP contribution in [0.4, 0.5) is 11.5 Å². The van der Waals surface area contributed by atoms with Gasteiger partial charge in [0.15, 0.2) is 5.82 Å². The van der Waals surface area contributed by atoms with E-state index in [1.165, 1.54) is 0 Å². The molecule has 1 heterocycles. The molecule has 0 amide bonds. The zero-order chi connectivity index (χ0) is 20.0. The van der Waals surface area contributed by atoms with Crippen LogP contribution >= 0.6 is 0 Å². The van der Waals surface area contributed by atoms with Gasteiger partial charge in [0.25, 0.3) is 5.56 Å². The molecule has 1 aromatic carbocycles. The lowest BCUT2D eigenvalue weighted by atomic mass is 10.1.